The molecule has 1 saturated carbocycles. The lowest BCUT2D eigenvalue weighted by Crippen LogP contribution is -2.24. The van der Waals surface area contributed by atoms with Crippen LogP contribution in [0.2, 0.25) is 0 Å². The molecule has 3 heteroatoms. The topological polar surface area (TPSA) is 60.7 Å². The number of aryl methyl sites for hydroxylation is 1. The summed E-state index contributed by atoms with van der Waals surface area (Å²) in [6, 6.07) is 8.22. The first-order chi connectivity index (χ1) is 13.3. The van der Waals surface area contributed by atoms with E-state index in [0.29, 0.717) is 25.2 Å². The third kappa shape index (κ3) is 7.90. The van der Waals surface area contributed by atoms with Crippen molar-refractivity contribution in [1.82, 2.24) is 0 Å². The van der Waals surface area contributed by atoms with Gasteiger partial charge in [-0.3, -0.25) is 0 Å². The van der Waals surface area contributed by atoms with E-state index in [0.717, 1.165) is 30.4 Å². The maximum Gasteiger partial charge on any atom is 0.0843 e. The zero-order chi connectivity index (χ0) is 20.6. The van der Waals surface area contributed by atoms with E-state index in [2.05, 4.69) is 37.3 Å². The van der Waals surface area contributed by atoms with E-state index in [1.165, 1.54) is 18.4 Å². The molecule has 0 aliphatic heterocycles. The molecule has 0 saturated heterocycles. The summed E-state index contributed by atoms with van der Waals surface area (Å²) in [5, 5.41) is 29.8. The number of allylic oxidation sites excluding steroid dienone is 3. The maximum absolute atomic E-state index is 10.3. The summed E-state index contributed by atoms with van der Waals surface area (Å²) in [5.41, 5.74) is 2.64. The predicted octanol–water partition coefficient (Wildman–Crippen LogP) is 5.04. The molecule has 0 amide bonds. The summed E-state index contributed by atoms with van der Waals surface area (Å²) in [5.74, 6) is 0.658. The molecule has 0 aromatic heterocycles. The van der Waals surface area contributed by atoms with Crippen molar-refractivity contribution in [2.24, 2.45) is 5.92 Å². The van der Waals surface area contributed by atoms with Gasteiger partial charge in [0, 0.05) is 0 Å². The van der Waals surface area contributed by atoms with Crippen molar-refractivity contribution in [1.29, 1.82) is 0 Å². The second kappa shape index (κ2) is 10.9. The highest BCUT2D eigenvalue weighted by Gasteiger charge is 2.21. The van der Waals surface area contributed by atoms with Crippen molar-refractivity contribution in [3.8, 4) is 0 Å². The van der Waals surface area contributed by atoms with E-state index >= 15 is 0 Å². The van der Waals surface area contributed by atoms with Crippen LogP contribution in [-0.2, 0) is 12.0 Å². The van der Waals surface area contributed by atoms with Crippen molar-refractivity contribution in [3.63, 3.8) is 0 Å². The van der Waals surface area contributed by atoms with Crippen LogP contribution < -0.4 is 0 Å². The Morgan fingerprint density at radius 3 is 2.46 bits per heavy atom. The molecular weight excluding hydrogens is 348 g/mol. The molecule has 0 heterocycles. The van der Waals surface area contributed by atoms with Crippen LogP contribution in [-0.4, -0.2) is 27.5 Å². The second-order valence-corrected chi connectivity index (χ2v) is 9.00. The van der Waals surface area contributed by atoms with Gasteiger partial charge in [-0.25, -0.2) is 0 Å². The molecule has 0 unspecified atom stereocenters. The largest absolute Gasteiger partial charge is 0.393 e. The normalized spacial score (nSPS) is 21.9. The zero-order valence-electron chi connectivity index (χ0n) is 17.8. The average Bonchev–Trinajstić information content (AvgIpc) is 2.61. The molecule has 28 heavy (non-hydrogen) atoms. The van der Waals surface area contributed by atoms with Gasteiger partial charge in [0.25, 0.3) is 0 Å². The minimum Gasteiger partial charge on any atom is -0.393 e. The Morgan fingerprint density at radius 1 is 1.11 bits per heavy atom. The van der Waals surface area contributed by atoms with Gasteiger partial charge in [0.05, 0.1) is 17.8 Å². The van der Waals surface area contributed by atoms with Crippen molar-refractivity contribution in [3.05, 3.63) is 59.2 Å². The highest BCUT2D eigenvalue weighted by atomic mass is 16.3. The van der Waals surface area contributed by atoms with Gasteiger partial charge in [0.15, 0.2) is 0 Å². The van der Waals surface area contributed by atoms with Gasteiger partial charge in [0.1, 0.15) is 0 Å². The lowest BCUT2D eigenvalue weighted by molar-refractivity contribution is 0.0609. The number of hydrogen-bond donors (Lipinski definition) is 3. The second-order valence-electron chi connectivity index (χ2n) is 9.00. The van der Waals surface area contributed by atoms with Crippen LogP contribution in [0.15, 0.2) is 48.1 Å². The summed E-state index contributed by atoms with van der Waals surface area (Å²) in [7, 11) is 0. The van der Waals surface area contributed by atoms with Crippen LogP contribution in [0.5, 0.6) is 0 Å². The minimum absolute atomic E-state index is 0.397. The summed E-state index contributed by atoms with van der Waals surface area (Å²) in [6.45, 7) is 6.01. The molecule has 0 spiro atoms. The van der Waals surface area contributed by atoms with Crippen molar-refractivity contribution in [2.75, 3.05) is 0 Å². The Labute approximate surface area is 170 Å². The van der Waals surface area contributed by atoms with E-state index < -0.39 is 17.8 Å². The summed E-state index contributed by atoms with van der Waals surface area (Å²) < 4.78 is 0. The lowest BCUT2D eigenvalue weighted by atomic mass is 9.88. The first-order valence-electron chi connectivity index (χ1n) is 10.8. The first-order valence-corrected chi connectivity index (χ1v) is 10.8. The molecule has 1 aromatic carbocycles. The van der Waals surface area contributed by atoms with E-state index in [-0.39, 0.29) is 0 Å². The summed E-state index contributed by atoms with van der Waals surface area (Å²) in [4.78, 5) is 0. The van der Waals surface area contributed by atoms with Crippen LogP contribution in [0.25, 0.3) is 0 Å². The highest BCUT2D eigenvalue weighted by Crippen LogP contribution is 2.26. The van der Waals surface area contributed by atoms with E-state index in [1.807, 2.05) is 26.0 Å². The van der Waals surface area contributed by atoms with Gasteiger partial charge in [-0.15, -0.1) is 0 Å². The van der Waals surface area contributed by atoms with E-state index in [4.69, 9.17) is 0 Å². The Kier molecular flexibility index (Phi) is 8.94. The van der Waals surface area contributed by atoms with Crippen LogP contribution >= 0.6 is 0 Å². The van der Waals surface area contributed by atoms with Gasteiger partial charge in [0.2, 0.25) is 0 Å². The zero-order valence-corrected chi connectivity index (χ0v) is 17.8. The molecule has 1 fully saturated rings. The van der Waals surface area contributed by atoms with Crippen molar-refractivity contribution in [2.45, 2.75) is 89.9 Å². The molecule has 0 radical (unpaired) electrons. The number of unbranched alkanes of at least 4 members (excludes halogenated alkanes) is 1. The predicted molar refractivity (Wildman–Crippen MR) is 116 cm³/mol. The van der Waals surface area contributed by atoms with Crippen LogP contribution in [0, 0.1) is 5.92 Å². The lowest BCUT2D eigenvalue weighted by Gasteiger charge is -2.24. The molecule has 1 aromatic rings. The first kappa shape index (κ1) is 22.9. The van der Waals surface area contributed by atoms with Gasteiger partial charge in [-0.1, -0.05) is 61.4 Å². The summed E-state index contributed by atoms with van der Waals surface area (Å²) >= 11 is 0. The van der Waals surface area contributed by atoms with Crippen LogP contribution in [0.3, 0.4) is 0 Å². The summed E-state index contributed by atoms with van der Waals surface area (Å²) in [6.07, 6.45) is 13.0. The third-order valence-corrected chi connectivity index (χ3v) is 5.66. The molecule has 3 nitrogen and oxygen atoms in total. The standard InChI is InChI=1S/C25H38O3/c1-19(14-15-21-12-8-9-13-24(21)25(2,3)28)10-6-4-5-7-11-20-16-22(26)18-23(27)17-20/h5,7-9,11-13,19,22-23,26-28H,4,6,10,14-18H2,1-3H3/t19-,22-,23-/m1/s1. The van der Waals surface area contributed by atoms with Gasteiger partial charge in [-0.05, 0) is 75.8 Å². The fourth-order valence-corrected chi connectivity index (χ4v) is 4.07. The monoisotopic (exact) mass is 386 g/mol. The smallest absolute Gasteiger partial charge is 0.0843 e. The minimum atomic E-state index is -0.788. The fraction of sp³-hybridized carbons (Fsp3) is 0.600. The maximum atomic E-state index is 10.3. The average molecular weight is 387 g/mol. The number of hydrogen-bond acceptors (Lipinski definition) is 3. The molecule has 0 bridgehead atoms. The SMILES string of the molecule is C[C@H](CCCC=CC=C1C[C@@H](O)C[C@H](O)C1)CCc1ccccc1C(C)(C)O. The van der Waals surface area contributed by atoms with Crippen LogP contribution in [0.1, 0.15) is 76.8 Å². The number of rotatable bonds is 9. The van der Waals surface area contributed by atoms with Gasteiger partial charge >= 0.3 is 0 Å². The highest BCUT2D eigenvalue weighted by molar-refractivity contribution is 5.31. The van der Waals surface area contributed by atoms with Crippen molar-refractivity contribution < 1.29 is 15.3 Å². The molecule has 1 aliphatic carbocycles. The van der Waals surface area contributed by atoms with Gasteiger partial charge in [-0.2, -0.15) is 0 Å². The Bertz CT molecular complexity index is 642. The Hall–Kier alpha value is -1.42. The van der Waals surface area contributed by atoms with Crippen LogP contribution in [0.4, 0.5) is 0 Å². The van der Waals surface area contributed by atoms with E-state index in [9.17, 15) is 15.3 Å². The molecular formula is C25H38O3. The molecule has 156 valence electrons. The Balaban J connectivity index is 1.69. The molecule has 3 atom stereocenters. The quantitative estimate of drug-likeness (QED) is 0.521. The van der Waals surface area contributed by atoms with Crippen molar-refractivity contribution >= 4 is 0 Å². The van der Waals surface area contributed by atoms with Gasteiger partial charge < -0.3 is 15.3 Å². The van der Waals surface area contributed by atoms with E-state index in [1.54, 1.807) is 0 Å². The fourth-order valence-electron chi connectivity index (χ4n) is 4.07. The number of aliphatic hydroxyl groups is 3. The molecule has 1 aliphatic rings. The molecule has 3 N–H and O–H groups in total. The number of aliphatic hydroxyl groups excluding tert-OH is 2. The molecule has 2 rings (SSSR count). The Morgan fingerprint density at radius 2 is 1.79 bits per heavy atom. The number of benzene rings is 1. The third-order valence-electron chi connectivity index (χ3n) is 5.66.